The Morgan fingerprint density at radius 3 is 2.56 bits per heavy atom. The molecular formula is C20H22N4O2S. The minimum absolute atomic E-state index is 0.152. The van der Waals surface area contributed by atoms with Crippen molar-refractivity contribution in [1.82, 2.24) is 15.1 Å². The molecule has 0 atom stereocenters. The summed E-state index contributed by atoms with van der Waals surface area (Å²) >= 11 is 1.26. The van der Waals surface area contributed by atoms with Crippen LogP contribution in [0.5, 0.6) is 0 Å². The molecule has 0 aliphatic carbocycles. The molecule has 0 spiro atoms. The molecule has 0 unspecified atom stereocenters. The Balaban J connectivity index is 1.66. The first-order valence-electron chi connectivity index (χ1n) is 8.66. The molecule has 0 fully saturated rings. The third-order valence-electron chi connectivity index (χ3n) is 4.26. The minimum Gasteiger partial charge on any atom is -0.347 e. The van der Waals surface area contributed by atoms with Gasteiger partial charge >= 0.3 is 0 Å². The van der Waals surface area contributed by atoms with Crippen LogP contribution < -0.4 is 10.6 Å². The zero-order chi connectivity index (χ0) is 19.4. The van der Waals surface area contributed by atoms with Crippen LogP contribution in [0.1, 0.15) is 39.1 Å². The highest BCUT2D eigenvalue weighted by Gasteiger charge is 2.15. The number of carbonyl (C=O) groups excluding carboxylic acids is 2. The lowest BCUT2D eigenvalue weighted by molar-refractivity contribution is -0.114. The van der Waals surface area contributed by atoms with E-state index in [1.54, 1.807) is 12.1 Å². The molecular weight excluding hydrogens is 360 g/mol. The molecule has 0 saturated carbocycles. The fourth-order valence-corrected chi connectivity index (χ4v) is 3.73. The van der Waals surface area contributed by atoms with Crippen LogP contribution >= 0.6 is 11.3 Å². The monoisotopic (exact) mass is 382 g/mol. The van der Waals surface area contributed by atoms with Gasteiger partial charge in [-0.25, -0.2) is 0 Å². The molecule has 0 aliphatic rings. The highest BCUT2D eigenvalue weighted by Crippen LogP contribution is 2.22. The van der Waals surface area contributed by atoms with E-state index < -0.39 is 0 Å². The molecule has 0 bridgehead atoms. The van der Waals surface area contributed by atoms with E-state index in [2.05, 4.69) is 27.9 Å². The minimum atomic E-state index is -0.161. The normalized spacial score (nSPS) is 10.6. The van der Waals surface area contributed by atoms with E-state index in [1.807, 2.05) is 36.7 Å². The summed E-state index contributed by atoms with van der Waals surface area (Å²) in [7, 11) is 0. The maximum absolute atomic E-state index is 12.4. The quantitative estimate of drug-likeness (QED) is 0.685. The maximum atomic E-state index is 12.4. The van der Waals surface area contributed by atoms with Crippen molar-refractivity contribution in [3.63, 3.8) is 0 Å². The van der Waals surface area contributed by atoms with E-state index in [0.29, 0.717) is 23.0 Å². The molecule has 2 amide bonds. The lowest BCUT2D eigenvalue weighted by Gasteiger charge is -2.07. The number of hydrogen-bond donors (Lipinski definition) is 2. The Morgan fingerprint density at radius 1 is 1.11 bits per heavy atom. The Morgan fingerprint density at radius 2 is 1.85 bits per heavy atom. The van der Waals surface area contributed by atoms with Gasteiger partial charge in [0.15, 0.2) is 0 Å². The smallest absolute Gasteiger partial charge is 0.261 e. The van der Waals surface area contributed by atoms with Crippen molar-refractivity contribution in [1.29, 1.82) is 0 Å². The lowest BCUT2D eigenvalue weighted by atomic mass is 10.2. The summed E-state index contributed by atoms with van der Waals surface area (Å²) in [6, 6.07) is 13.6. The predicted molar refractivity (Wildman–Crippen MR) is 107 cm³/mol. The Kier molecular flexibility index (Phi) is 5.71. The van der Waals surface area contributed by atoms with E-state index >= 15 is 0 Å². The second kappa shape index (κ2) is 8.18. The van der Waals surface area contributed by atoms with Crippen LogP contribution in [0.2, 0.25) is 0 Å². The summed E-state index contributed by atoms with van der Waals surface area (Å²) in [5.74, 6) is -0.313. The molecule has 0 radical (unpaired) electrons. The summed E-state index contributed by atoms with van der Waals surface area (Å²) in [6.45, 7) is 6.53. The highest BCUT2D eigenvalue weighted by molar-refractivity contribution is 7.18. The van der Waals surface area contributed by atoms with Gasteiger partial charge in [0, 0.05) is 24.7 Å². The Bertz CT molecular complexity index is 960. The molecule has 3 aromatic rings. The number of amides is 2. The second-order valence-electron chi connectivity index (χ2n) is 6.32. The van der Waals surface area contributed by atoms with Gasteiger partial charge in [-0.1, -0.05) is 30.3 Å². The average Bonchev–Trinajstić information content (AvgIpc) is 3.19. The molecule has 6 nitrogen and oxygen atoms in total. The fourth-order valence-electron chi connectivity index (χ4n) is 2.86. The van der Waals surface area contributed by atoms with E-state index in [1.165, 1.54) is 23.8 Å². The largest absolute Gasteiger partial charge is 0.347 e. The van der Waals surface area contributed by atoms with Crippen LogP contribution in [0.4, 0.5) is 5.00 Å². The number of rotatable bonds is 6. The molecule has 0 aliphatic heterocycles. The van der Waals surface area contributed by atoms with Gasteiger partial charge in [0.1, 0.15) is 0 Å². The zero-order valence-corrected chi connectivity index (χ0v) is 16.4. The molecule has 1 aromatic carbocycles. The number of anilines is 1. The van der Waals surface area contributed by atoms with Gasteiger partial charge in [0.05, 0.1) is 22.1 Å². The van der Waals surface area contributed by atoms with Crippen molar-refractivity contribution in [2.45, 2.75) is 33.9 Å². The van der Waals surface area contributed by atoms with Gasteiger partial charge in [0.25, 0.3) is 5.91 Å². The van der Waals surface area contributed by atoms with Crippen LogP contribution in [0.15, 0.2) is 42.5 Å². The topological polar surface area (TPSA) is 76.0 Å². The molecule has 27 heavy (non-hydrogen) atoms. The molecule has 3 rings (SSSR count). The standard InChI is InChI=1S/C20H22N4O2S/c1-13-17(14(2)24(23-13)12-16-7-5-4-6-8-16)11-21-20(26)18-9-10-19(27-18)22-15(3)25/h4-10H,11-12H2,1-3H3,(H,21,26)(H,22,25). The number of nitrogens with zero attached hydrogens (tertiary/aromatic N) is 2. The number of hydrogen-bond acceptors (Lipinski definition) is 4. The van der Waals surface area contributed by atoms with E-state index in [9.17, 15) is 9.59 Å². The SMILES string of the molecule is CC(=O)Nc1ccc(C(=O)NCc2c(C)nn(Cc3ccccc3)c2C)s1. The maximum Gasteiger partial charge on any atom is 0.261 e. The predicted octanol–water partition coefficient (Wildman–Crippen LogP) is 3.50. The Hall–Kier alpha value is -2.93. The Labute approximate surface area is 162 Å². The van der Waals surface area contributed by atoms with Gasteiger partial charge < -0.3 is 10.6 Å². The van der Waals surface area contributed by atoms with Crippen LogP contribution in [-0.4, -0.2) is 21.6 Å². The first kappa shape index (κ1) is 18.8. The number of aryl methyl sites for hydroxylation is 1. The van der Waals surface area contributed by atoms with Gasteiger partial charge in [0.2, 0.25) is 5.91 Å². The van der Waals surface area contributed by atoms with E-state index in [0.717, 1.165) is 17.0 Å². The van der Waals surface area contributed by atoms with Crippen molar-refractivity contribution < 1.29 is 9.59 Å². The van der Waals surface area contributed by atoms with Crippen LogP contribution in [0.3, 0.4) is 0 Å². The number of benzene rings is 1. The van der Waals surface area contributed by atoms with Crippen molar-refractivity contribution in [3.8, 4) is 0 Å². The third kappa shape index (κ3) is 4.62. The number of nitrogens with one attached hydrogen (secondary N) is 2. The van der Waals surface area contributed by atoms with Gasteiger partial charge in [-0.2, -0.15) is 5.10 Å². The zero-order valence-electron chi connectivity index (χ0n) is 15.6. The fraction of sp³-hybridized carbons (Fsp3) is 0.250. The number of carbonyl (C=O) groups is 2. The van der Waals surface area contributed by atoms with Crippen molar-refractivity contribution in [3.05, 3.63) is 69.9 Å². The lowest BCUT2D eigenvalue weighted by Crippen LogP contribution is -2.22. The average molecular weight is 382 g/mol. The molecule has 2 N–H and O–H groups in total. The molecule has 7 heteroatoms. The van der Waals surface area contributed by atoms with Gasteiger partial charge in [-0.05, 0) is 31.5 Å². The van der Waals surface area contributed by atoms with Crippen LogP contribution in [-0.2, 0) is 17.9 Å². The van der Waals surface area contributed by atoms with E-state index in [-0.39, 0.29) is 11.8 Å². The third-order valence-corrected chi connectivity index (χ3v) is 5.26. The number of thiophene rings is 1. The molecule has 0 saturated heterocycles. The van der Waals surface area contributed by atoms with Crippen molar-refractivity contribution in [2.75, 3.05) is 5.32 Å². The van der Waals surface area contributed by atoms with E-state index in [4.69, 9.17) is 0 Å². The molecule has 2 heterocycles. The molecule has 2 aromatic heterocycles. The highest BCUT2D eigenvalue weighted by atomic mass is 32.1. The van der Waals surface area contributed by atoms with Crippen molar-refractivity contribution >= 4 is 28.2 Å². The summed E-state index contributed by atoms with van der Waals surface area (Å²) < 4.78 is 1.96. The van der Waals surface area contributed by atoms with Crippen molar-refractivity contribution in [2.24, 2.45) is 0 Å². The van der Waals surface area contributed by atoms with Crippen LogP contribution in [0.25, 0.3) is 0 Å². The first-order valence-corrected chi connectivity index (χ1v) is 9.48. The van der Waals surface area contributed by atoms with Gasteiger partial charge in [-0.3, -0.25) is 14.3 Å². The summed E-state index contributed by atoms with van der Waals surface area (Å²) in [5, 5.41) is 10.9. The van der Waals surface area contributed by atoms with Crippen LogP contribution in [0, 0.1) is 13.8 Å². The molecule has 140 valence electrons. The summed E-state index contributed by atoms with van der Waals surface area (Å²) in [4.78, 5) is 24.1. The summed E-state index contributed by atoms with van der Waals surface area (Å²) in [5.41, 5.74) is 4.16. The first-order chi connectivity index (χ1) is 12.9. The second-order valence-corrected chi connectivity index (χ2v) is 7.40. The number of aromatic nitrogens is 2. The summed E-state index contributed by atoms with van der Waals surface area (Å²) in [6.07, 6.45) is 0. The van der Waals surface area contributed by atoms with Gasteiger partial charge in [-0.15, -0.1) is 11.3 Å².